The Morgan fingerprint density at radius 2 is 1.82 bits per heavy atom. The summed E-state index contributed by atoms with van der Waals surface area (Å²) in [7, 11) is 0. The van der Waals surface area contributed by atoms with Gasteiger partial charge in [0.2, 0.25) is 0 Å². The molecule has 2 aromatic rings. The van der Waals surface area contributed by atoms with E-state index in [0.717, 1.165) is 24.3 Å². The number of rotatable bonds is 11. The van der Waals surface area contributed by atoms with Crippen LogP contribution in [0.4, 0.5) is 0 Å². The van der Waals surface area contributed by atoms with Gasteiger partial charge in [-0.15, -0.1) is 0 Å². The van der Waals surface area contributed by atoms with Gasteiger partial charge in [-0.3, -0.25) is 4.79 Å². The fraction of sp³-hybridized carbons (Fsp3) is 0.364. The Labute approximate surface area is 174 Å². The molecule has 0 fully saturated rings. The lowest BCUT2D eigenvalue weighted by atomic mass is 10.1. The van der Waals surface area contributed by atoms with Crippen molar-refractivity contribution >= 4 is 28.1 Å². The first kappa shape index (κ1) is 22.0. The average Bonchev–Trinajstić information content (AvgIpc) is 2.70. The van der Waals surface area contributed by atoms with E-state index >= 15 is 0 Å². The molecule has 0 aliphatic rings. The van der Waals surface area contributed by atoms with Gasteiger partial charge in [0.05, 0.1) is 18.4 Å². The third-order valence-electron chi connectivity index (χ3n) is 4.23. The van der Waals surface area contributed by atoms with Crippen molar-refractivity contribution in [2.24, 2.45) is 5.10 Å². The van der Waals surface area contributed by atoms with Crippen molar-refractivity contribution < 1.29 is 14.6 Å². The third-order valence-corrected chi connectivity index (χ3v) is 4.72. The summed E-state index contributed by atoms with van der Waals surface area (Å²) in [5, 5.41) is 13.7. The van der Waals surface area contributed by atoms with Crippen LogP contribution in [0.15, 0.2) is 52.0 Å². The van der Waals surface area contributed by atoms with E-state index < -0.39 is 5.91 Å². The van der Waals surface area contributed by atoms with Crippen LogP contribution in [0.25, 0.3) is 0 Å². The molecule has 2 N–H and O–H groups in total. The SMILES string of the molecule is CCCCCCCCOc1ccc(C=NNC(=O)c2cc(Br)ccc2O)cc1. The van der Waals surface area contributed by atoms with Crippen molar-refractivity contribution in [3.05, 3.63) is 58.1 Å². The minimum atomic E-state index is -0.478. The van der Waals surface area contributed by atoms with Crippen LogP contribution in [0.2, 0.25) is 0 Å². The van der Waals surface area contributed by atoms with Gasteiger partial charge in [0, 0.05) is 4.47 Å². The molecule has 2 rings (SSSR count). The number of phenols is 1. The maximum atomic E-state index is 12.1. The first-order valence-electron chi connectivity index (χ1n) is 9.65. The minimum absolute atomic E-state index is 0.0947. The van der Waals surface area contributed by atoms with Crippen LogP contribution in [0, 0.1) is 0 Å². The molecule has 0 spiro atoms. The highest BCUT2D eigenvalue weighted by atomic mass is 79.9. The molecule has 28 heavy (non-hydrogen) atoms. The van der Waals surface area contributed by atoms with E-state index in [-0.39, 0.29) is 11.3 Å². The molecule has 2 aromatic carbocycles. The zero-order valence-electron chi connectivity index (χ0n) is 16.2. The predicted molar refractivity (Wildman–Crippen MR) is 116 cm³/mol. The normalized spacial score (nSPS) is 10.9. The highest BCUT2D eigenvalue weighted by Gasteiger charge is 2.10. The largest absolute Gasteiger partial charge is 0.507 e. The Morgan fingerprint density at radius 3 is 2.57 bits per heavy atom. The molecule has 0 saturated carbocycles. The van der Waals surface area contributed by atoms with Gasteiger partial charge in [0.15, 0.2) is 0 Å². The van der Waals surface area contributed by atoms with Gasteiger partial charge in [-0.2, -0.15) is 5.10 Å². The topological polar surface area (TPSA) is 70.9 Å². The number of benzene rings is 2. The average molecular weight is 447 g/mol. The van der Waals surface area contributed by atoms with Gasteiger partial charge >= 0.3 is 0 Å². The lowest BCUT2D eigenvalue weighted by Gasteiger charge is -2.06. The lowest BCUT2D eigenvalue weighted by molar-refractivity contribution is 0.0952. The van der Waals surface area contributed by atoms with Crippen molar-refractivity contribution in [1.82, 2.24) is 5.43 Å². The number of nitrogens with zero attached hydrogens (tertiary/aromatic N) is 1. The van der Waals surface area contributed by atoms with Crippen LogP contribution in [-0.4, -0.2) is 23.8 Å². The Bertz CT molecular complexity index is 776. The number of nitrogens with one attached hydrogen (secondary N) is 1. The second-order valence-electron chi connectivity index (χ2n) is 6.55. The molecule has 1 amide bonds. The van der Waals surface area contributed by atoms with Crippen LogP contribution in [0.3, 0.4) is 0 Å². The van der Waals surface area contributed by atoms with E-state index in [1.54, 1.807) is 12.3 Å². The second kappa shape index (κ2) is 12.2. The standard InChI is InChI=1S/C22H27BrN2O3/c1-2-3-4-5-6-7-14-28-19-11-8-17(9-12-19)16-24-25-22(27)20-15-18(23)10-13-21(20)26/h8-13,15-16,26H,2-7,14H2,1H3,(H,25,27). The zero-order valence-corrected chi connectivity index (χ0v) is 17.7. The molecule has 150 valence electrons. The fourth-order valence-electron chi connectivity index (χ4n) is 2.64. The molecule has 5 nitrogen and oxygen atoms in total. The summed E-state index contributed by atoms with van der Waals surface area (Å²) in [6.45, 7) is 2.95. The van der Waals surface area contributed by atoms with Crippen molar-refractivity contribution in [2.45, 2.75) is 45.4 Å². The van der Waals surface area contributed by atoms with E-state index in [4.69, 9.17) is 4.74 Å². The van der Waals surface area contributed by atoms with Crippen LogP contribution in [-0.2, 0) is 0 Å². The first-order chi connectivity index (χ1) is 13.6. The summed E-state index contributed by atoms with van der Waals surface area (Å²) < 4.78 is 6.45. The Kier molecular flexibility index (Phi) is 9.55. The maximum absolute atomic E-state index is 12.1. The van der Waals surface area contributed by atoms with Gasteiger partial charge in [-0.1, -0.05) is 55.0 Å². The summed E-state index contributed by atoms with van der Waals surface area (Å²) in [6.07, 6.45) is 8.98. The summed E-state index contributed by atoms with van der Waals surface area (Å²) in [5.74, 6) is 0.255. The van der Waals surface area contributed by atoms with E-state index in [9.17, 15) is 9.90 Å². The Hall–Kier alpha value is -2.34. The molecule has 0 unspecified atom stereocenters. The third kappa shape index (κ3) is 7.72. The molecule has 0 aliphatic heterocycles. The number of ether oxygens (including phenoxy) is 1. The number of phenolic OH excluding ortho intramolecular Hbond substituents is 1. The summed E-state index contributed by atoms with van der Waals surface area (Å²) >= 11 is 3.27. The molecule has 0 aliphatic carbocycles. The quantitative estimate of drug-likeness (QED) is 0.265. The smallest absolute Gasteiger partial charge is 0.275 e. The Morgan fingerprint density at radius 1 is 1.11 bits per heavy atom. The number of halogens is 1. The molecular weight excluding hydrogens is 420 g/mol. The van der Waals surface area contributed by atoms with Crippen LogP contribution >= 0.6 is 15.9 Å². The monoisotopic (exact) mass is 446 g/mol. The maximum Gasteiger partial charge on any atom is 0.275 e. The fourth-order valence-corrected chi connectivity index (χ4v) is 3.00. The van der Waals surface area contributed by atoms with Crippen molar-refractivity contribution in [3.8, 4) is 11.5 Å². The van der Waals surface area contributed by atoms with Crippen molar-refractivity contribution in [1.29, 1.82) is 0 Å². The summed E-state index contributed by atoms with van der Waals surface area (Å²) in [5.41, 5.74) is 3.41. The summed E-state index contributed by atoms with van der Waals surface area (Å²) in [6, 6.07) is 12.2. The number of hydrogen-bond acceptors (Lipinski definition) is 4. The number of unbranched alkanes of at least 4 members (excludes halogenated alkanes) is 5. The first-order valence-corrected chi connectivity index (χ1v) is 10.4. The predicted octanol–water partition coefficient (Wildman–Crippen LogP) is 5.66. The molecule has 0 aromatic heterocycles. The molecule has 0 heterocycles. The number of hydrogen-bond donors (Lipinski definition) is 2. The molecule has 0 bridgehead atoms. The van der Waals surface area contributed by atoms with Gasteiger partial charge in [-0.05, 0) is 54.4 Å². The lowest BCUT2D eigenvalue weighted by Crippen LogP contribution is -2.17. The number of carbonyl (C=O) groups excluding carboxylic acids is 1. The van der Waals surface area contributed by atoms with E-state index in [0.29, 0.717) is 4.47 Å². The van der Waals surface area contributed by atoms with Gasteiger partial charge < -0.3 is 9.84 Å². The molecule has 6 heteroatoms. The van der Waals surface area contributed by atoms with Crippen LogP contribution in [0.1, 0.15) is 61.4 Å². The van der Waals surface area contributed by atoms with Crippen molar-refractivity contribution in [2.75, 3.05) is 6.61 Å². The van der Waals surface area contributed by atoms with Crippen molar-refractivity contribution in [3.63, 3.8) is 0 Å². The van der Waals surface area contributed by atoms with Gasteiger partial charge in [0.25, 0.3) is 5.91 Å². The minimum Gasteiger partial charge on any atom is -0.507 e. The van der Waals surface area contributed by atoms with Crippen LogP contribution < -0.4 is 10.2 Å². The zero-order chi connectivity index (χ0) is 20.2. The second-order valence-corrected chi connectivity index (χ2v) is 7.46. The summed E-state index contributed by atoms with van der Waals surface area (Å²) in [4.78, 5) is 12.1. The number of carbonyl (C=O) groups is 1. The van der Waals surface area contributed by atoms with E-state index in [1.165, 1.54) is 44.2 Å². The van der Waals surface area contributed by atoms with Gasteiger partial charge in [-0.25, -0.2) is 5.43 Å². The molecule has 0 saturated heterocycles. The molecule has 0 atom stereocenters. The van der Waals surface area contributed by atoms with Crippen LogP contribution in [0.5, 0.6) is 11.5 Å². The van der Waals surface area contributed by atoms with E-state index in [2.05, 4.69) is 33.4 Å². The number of amides is 1. The number of hydrazone groups is 1. The van der Waals surface area contributed by atoms with E-state index in [1.807, 2.05) is 24.3 Å². The highest BCUT2D eigenvalue weighted by Crippen LogP contribution is 2.21. The molecule has 0 radical (unpaired) electrons. The molecular formula is C22H27BrN2O3. The number of aromatic hydroxyl groups is 1. The Balaban J connectivity index is 1.74. The van der Waals surface area contributed by atoms with Gasteiger partial charge in [0.1, 0.15) is 11.5 Å². The highest BCUT2D eigenvalue weighted by molar-refractivity contribution is 9.10.